The normalized spacial score (nSPS) is 16.8. The molecule has 1 saturated heterocycles. The maximum Gasteiger partial charge on any atom is 0.229 e. The number of rotatable bonds is 5. The van der Waals surface area contributed by atoms with Crippen LogP contribution in [-0.2, 0) is 9.59 Å². The first-order valence-electron chi connectivity index (χ1n) is 8.16. The highest BCUT2D eigenvalue weighted by atomic mass is 35.5. The molecule has 1 N–H and O–H groups in total. The molecule has 0 aromatic heterocycles. The number of nitrogens with zero attached hydrogens (tertiary/aromatic N) is 1. The van der Waals surface area contributed by atoms with Gasteiger partial charge in [0.1, 0.15) is 5.75 Å². The minimum absolute atomic E-state index is 0.0610. The Balaban J connectivity index is 1.63. The lowest BCUT2D eigenvalue weighted by molar-refractivity contribution is -0.122. The summed E-state index contributed by atoms with van der Waals surface area (Å²) >= 11 is 5.88. The largest absolute Gasteiger partial charge is 0.494 e. The molecule has 1 heterocycles. The Labute approximate surface area is 151 Å². The van der Waals surface area contributed by atoms with Gasteiger partial charge in [0, 0.05) is 29.4 Å². The lowest BCUT2D eigenvalue weighted by atomic mass is 10.1. The standard InChI is InChI=1S/C19H19ClN2O3/c1-2-25-17-9-5-15(6-10-17)21-19(24)13-11-18(23)22(12-13)16-7-3-14(20)4-8-16/h3-10,13H,2,11-12H2,1H3,(H,21,24). The molecule has 3 rings (SSSR count). The molecule has 130 valence electrons. The highest BCUT2D eigenvalue weighted by Crippen LogP contribution is 2.27. The molecule has 1 fully saturated rings. The van der Waals surface area contributed by atoms with E-state index in [0.29, 0.717) is 23.9 Å². The maximum absolute atomic E-state index is 12.5. The molecule has 1 aliphatic rings. The minimum Gasteiger partial charge on any atom is -0.494 e. The van der Waals surface area contributed by atoms with Gasteiger partial charge in [0.05, 0.1) is 12.5 Å². The number of carbonyl (C=O) groups is 2. The molecule has 1 atom stereocenters. The Morgan fingerprint density at radius 3 is 2.52 bits per heavy atom. The van der Waals surface area contributed by atoms with Crippen LogP contribution < -0.4 is 15.0 Å². The third-order valence-electron chi connectivity index (χ3n) is 4.07. The number of hydrogen-bond acceptors (Lipinski definition) is 3. The van der Waals surface area contributed by atoms with Gasteiger partial charge < -0.3 is 15.0 Å². The summed E-state index contributed by atoms with van der Waals surface area (Å²) in [5.41, 5.74) is 1.44. The first-order valence-corrected chi connectivity index (χ1v) is 8.54. The van der Waals surface area contributed by atoms with E-state index in [1.54, 1.807) is 53.4 Å². The number of ether oxygens (including phenoxy) is 1. The van der Waals surface area contributed by atoms with Gasteiger partial charge in [0.2, 0.25) is 11.8 Å². The molecular formula is C19H19ClN2O3. The summed E-state index contributed by atoms with van der Waals surface area (Å²) in [6, 6.07) is 14.2. The van der Waals surface area contributed by atoms with Gasteiger partial charge in [0.15, 0.2) is 0 Å². The molecule has 25 heavy (non-hydrogen) atoms. The zero-order chi connectivity index (χ0) is 17.8. The number of anilines is 2. The van der Waals surface area contributed by atoms with Gasteiger partial charge in [-0.25, -0.2) is 0 Å². The number of amides is 2. The number of halogens is 1. The highest BCUT2D eigenvalue weighted by molar-refractivity contribution is 6.30. The lowest BCUT2D eigenvalue weighted by Gasteiger charge is -2.16. The number of hydrogen-bond donors (Lipinski definition) is 1. The van der Waals surface area contributed by atoms with Crippen molar-refractivity contribution in [2.75, 3.05) is 23.4 Å². The van der Waals surface area contributed by atoms with Gasteiger partial charge in [-0.1, -0.05) is 11.6 Å². The van der Waals surface area contributed by atoms with E-state index in [-0.39, 0.29) is 24.2 Å². The van der Waals surface area contributed by atoms with Crippen LogP contribution in [0.3, 0.4) is 0 Å². The average Bonchev–Trinajstić information content (AvgIpc) is 3.00. The lowest BCUT2D eigenvalue weighted by Crippen LogP contribution is -2.28. The predicted molar refractivity (Wildman–Crippen MR) is 98.2 cm³/mol. The number of carbonyl (C=O) groups excluding carboxylic acids is 2. The summed E-state index contributed by atoms with van der Waals surface area (Å²) in [4.78, 5) is 26.3. The third kappa shape index (κ3) is 4.12. The molecule has 0 saturated carbocycles. The van der Waals surface area contributed by atoms with Gasteiger partial charge >= 0.3 is 0 Å². The van der Waals surface area contributed by atoms with E-state index in [0.717, 1.165) is 11.4 Å². The summed E-state index contributed by atoms with van der Waals surface area (Å²) in [5, 5.41) is 3.47. The predicted octanol–water partition coefficient (Wildman–Crippen LogP) is 3.73. The molecule has 0 aliphatic carbocycles. The number of nitrogens with one attached hydrogen (secondary N) is 1. The third-order valence-corrected chi connectivity index (χ3v) is 4.32. The Hall–Kier alpha value is -2.53. The van der Waals surface area contributed by atoms with Crippen LogP contribution in [0.4, 0.5) is 11.4 Å². The van der Waals surface area contributed by atoms with Gasteiger partial charge in [-0.15, -0.1) is 0 Å². The maximum atomic E-state index is 12.5. The molecular weight excluding hydrogens is 340 g/mol. The van der Waals surface area contributed by atoms with Crippen LogP contribution in [0.1, 0.15) is 13.3 Å². The van der Waals surface area contributed by atoms with Crippen molar-refractivity contribution in [2.24, 2.45) is 5.92 Å². The van der Waals surface area contributed by atoms with Crippen molar-refractivity contribution in [3.05, 3.63) is 53.6 Å². The van der Waals surface area contributed by atoms with E-state index in [2.05, 4.69) is 5.32 Å². The molecule has 2 aromatic rings. The van der Waals surface area contributed by atoms with Crippen LogP contribution in [0.15, 0.2) is 48.5 Å². The molecule has 2 amide bonds. The fourth-order valence-corrected chi connectivity index (χ4v) is 2.93. The summed E-state index contributed by atoms with van der Waals surface area (Å²) in [7, 11) is 0. The molecule has 1 unspecified atom stereocenters. The Kier molecular flexibility index (Phi) is 5.24. The van der Waals surface area contributed by atoms with E-state index in [1.165, 1.54) is 0 Å². The first kappa shape index (κ1) is 17.3. The second kappa shape index (κ2) is 7.57. The van der Waals surface area contributed by atoms with Crippen molar-refractivity contribution in [2.45, 2.75) is 13.3 Å². The van der Waals surface area contributed by atoms with Crippen molar-refractivity contribution in [3.63, 3.8) is 0 Å². The SMILES string of the molecule is CCOc1ccc(NC(=O)C2CC(=O)N(c3ccc(Cl)cc3)C2)cc1. The zero-order valence-corrected chi connectivity index (χ0v) is 14.6. The number of benzene rings is 2. The molecule has 0 spiro atoms. The van der Waals surface area contributed by atoms with E-state index in [9.17, 15) is 9.59 Å². The van der Waals surface area contributed by atoms with Crippen LogP contribution in [0.2, 0.25) is 5.02 Å². The van der Waals surface area contributed by atoms with Gasteiger partial charge in [-0.3, -0.25) is 9.59 Å². The highest BCUT2D eigenvalue weighted by Gasteiger charge is 2.35. The van der Waals surface area contributed by atoms with Crippen LogP contribution in [0.5, 0.6) is 5.75 Å². The van der Waals surface area contributed by atoms with Gasteiger partial charge in [0.25, 0.3) is 0 Å². The van der Waals surface area contributed by atoms with Crippen LogP contribution in [0, 0.1) is 5.92 Å². The molecule has 0 bridgehead atoms. The van der Waals surface area contributed by atoms with Crippen LogP contribution in [-0.4, -0.2) is 25.0 Å². The summed E-state index contributed by atoms with van der Waals surface area (Å²) in [6.45, 7) is 2.87. The van der Waals surface area contributed by atoms with Crippen molar-refractivity contribution < 1.29 is 14.3 Å². The second-order valence-corrected chi connectivity index (χ2v) is 6.26. The minimum atomic E-state index is -0.380. The Bertz CT molecular complexity index is 759. The molecule has 5 nitrogen and oxygen atoms in total. The Morgan fingerprint density at radius 1 is 1.20 bits per heavy atom. The molecule has 2 aromatic carbocycles. The average molecular weight is 359 g/mol. The fourth-order valence-electron chi connectivity index (χ4n) is 2.80. The van der Waals surface area contributed by atoms with Gasteiger partial charge in [-0.05, 0) is 55.5 Å². The van der Waals surface area contributed by atoms with Crippen molar-refractivity contribution in [3.8, 4) is 5.75 Å². The van der Waals surface area contributed by atoms with Crippen LogP contribution >= 0.6 is 11.6 Å². The molecule has 0 radical (unpaired) electrons. The summed E-state index contributed by atoms with van der Waals surface area (Å²) in [5.74, 6) is 0.156. The van der Waals surface area contributed by atoms with E-state index in [4.69, 9.17) is 16.3 Å². The second-order valence-electron chi connectivity index (χ2n) is 5.83. The fraction of sp³-hybridized carbons (Fsp3) is 0.263. The zero-order valence-electron chi connectivity index (χ0n) is 13.9. The first-order chi connectivity index (χ1) is 12.1. The van der Waals surface area contributed by atoms with Crippen molar-refractivity contribution in [1.82, 2.24) is 0 Å². The molecule has 1 aliphatic heterocycles. The van der Waals surface area contributed by atoms with E-state index >= 15 is 0 Å². The summed E-state index contributed by atoms with van der Waals surface area (Å²) < 4.78 is 5.38. The van der Waals surface area contributed by atoms with Crippen LogP contribution in [0.25, 0.3) is 0 Å². The molecule has 6 heteroatoms. The quantitative estimate of drug-likeness (QED) is 0.886. The Morgan fingerprint density at radius 2 is 1.88 bits per heavy atom. The summed E-state index contributed by atoms with van der Waals surface area (Å²) in [6.07, 6.45) is 0.200. The van der Waals surface area contributed by atoms with Crippen molar-refractivity contribution >= 4 is 34.8 Å². The monoisotopic (exact) mass is 358 g/mol. The van der Waals surface area contributed by atoms with Crippen molar-refractivity contribution in [1.29, 1.82) is 0 Å². The topological polar surface area (TPSA) is 58.6 Å². The van der Waals surface area contributed by atoms with E-state index in [1.807, 2.05) is 6.92 Å². The van der Waals surface area contributed by atoms with Gasteiger partial charge in [-0.2, -0.15) is 0 Å². The smallest absolute Gasteiger partial charge is 0.229 e. The van der Waals surface area contributed by atoms with E-state index < -0.39 is 0 Å².